The van der Waals surface area contributed by atoms with Gasteiger partial charge in [0.2, 0.25) is 0 Å². The molecule has 0 rings (SSSR count). The first kappa shape index (κ1) is 16.8. The molecular weight excluding hydrogens is 220 g/mol. The highest BCUT2D eigenvalue weighted by atomic mass is 16.5. The summed E-state index contributed by atoms with van der Waals surface area (Å²) in [5, 5.41) is 3.20. The van der Waals surface area contributed by atoms with Crippen LogP contribution in [0.25, 0.3) is 0 Å². The second-order valence-electron chi connectivity index (χ2n) is 4.20. The summed E-state index contributed by atoms with van der Waals surface area (Å²) in [4.78, 5) is 2.37. The molecule has 0 fully saturated rings. The van der Waals surface area contributed by atoms with Gasteiger partial charge in [0, 0.05) is 46.5 Å². The summed E-state index contributed by atoms with van der Waals surface area (Å²) >= 11 is 0. The van der Waals surface area contributed by atoms with Gasteiger partial charge >= 0.3 is 0 Å². The van der Waals surface area contributed by atoms with E-state index in [0.29, 0.717) is 25.3 Å². The summed E-state index contributed by atoms with van der Waals surface area (Å²) in [5.74, 6) is 0. The first-order valence-corrected chi connectivity index (χ1v) is 6.08. The van der Waals surface area contributed by atoms with E-state index in [4.69, 9.17) is 14.2 Å². The van der Waals surface area contributed by atoms with Crippen LogP contribution in [-0.2, 0) is 14.2 Å². The fraction of sp³-hybridized carbons (Fsp3) is 1.00. The molecule has 0 aromatic carbocycles. The first-order chi connectivity index (χ1) is 8.21. The van der Waals surface area contributed by atoms with Gasteiger partial charge in [-0.05, 0) is 14.0 Å². The third-order valence-electron chi connectivity index (χ3n) is 2.80. The molecule has 2 unspecified atom stereocenters. The maximum Gasteiger partial charge on any atom is 0.0630 e. The van der Waals surface area contributed by atoms with Gasteiger partial charge in [0.15, 0.2) is 0 Å². The molecule has 0 aliphatic heterocycles. The quantitative estimate of drug-likeness (QED) is 0.566. The van der Waals surface area contributed by atoms with E-state index in [1.54, 1.807) is 21.3 Å². The average Bonchev–Trinajstić information content (AvgIpc) is 2.30. The van der Waals surface area contributed by atoms with Crippen molar-refractivity contribution in [1.82, 2.24) is 10.2 Å². The summed E-state index contributed by atoms with van der Waals surface area (Å²) in [5.41, 5.74) is 0. The van der Waals surface area contributed by atoms with Crippen LogP contribution in [0.2, 0.25) is 0 Å². The van der Waals surface area contributed by atoms with Crippen molar-refractivity contribution in [3.8, 4) is 0 Å². The predicted molar refractivity (Wildman–Crippen MR) is 69.5 cm³/mol. The van der Waals surface area contributed by atoms with Gasteiger partial charge < -0.3 is 19.5 Å². The molecule has 0 saturated carbocycles. The van der Waals surface area contributed by atoms with Crippen molar-refractivity contribution >= 4 is 0 Å². The minimum Gasteiger partial charge on any atom is -0.383 e. The topological polar surface area (TPSA) is 43.0 Å². The average molecular weight is 248 g/mol. The molecule has 0 aliphatic carbocycles. The van der Waals surface area contributed by atoms with Gasteiger partial charge in [0.1, 0.15) is 0 Å². The summed E-state index contributed by atoms with van der Waals surface area (Å²) in [6.07, 6.45) is 0. The normalized spacial score (nSPS) is 15.2. The molecule has 0 aromatic heterocycles. The Morgan fingerprint density at radius 2 is 1.71 bits per heavy atom. The number of ether oxygens (including phenoxy) is 3. The van der Waals surface area contributed by atoms with E-state index in [1.807, 2.05) is 7.05 Å². The van der Waals surface area contributed by atoms with Crippen molar-refractivity contribution < 1.29 is 14.2 Å². The van der Waals surface area contributed by atoms with Crippen molar-refractivity contribution in [1.29, 1.82) is 0 Å². The molecule has 0 amide bonds. The Kier molecular flexibility index (Phi) is 10.8. The van der Waals surface area contributed by atoms with Crippen LogP contribution in [0.1, 0.15) is 6.92 Å². The molecule has 1 N–H and O–H groups in total. The van der Waals surface area contributed by atoms with Crippen LogP contribution in [0.3, 0.4) is 0 Å². The number of hydrogen-bond donors (Lipinski definition) is 1. The highest BCUT2D eigenvalue weighted by Gasteiger charge is 2.22. The van der Waals surface area contributed by atoms with Crippen LogP contribution >= 0.6 is 0 Å². The van der Waals surface area contributed by atoms with E-state index in [-0.39, 0.29) is 0 Å². The first-order valence-electron chi connectivity index (χ1n) is 6.08. The molecule has 2 atom stereocenters. The second-order valence-corrected chi connectivity index (χ2v) is 4.20. The lowest BCUT2D eigenvalue weighted by Gasteiger charge is -2.35. The number of nitrogens with zero attached hydrogens (tertiary/aromatic N) is 1. The van der Waals surface area contributed by atoms with Gasteiger partial charge in [-0.25, -0.2) is 0 Å². The van der Waals surface area contributed by atoms with Crippen molar-refractivity contribution in [3.05, 3.63) is 0 Å². The fourth-order valence-electron chi connectivity index (χ4n) is 2.00. The number of methoxy groups -OCH3 is 3. The smallest absolute Gasteiger partial charge is 0.0630 e. The molecule has 17 heavy (non-hydrogen) atoms. The van der Waals surface area contributed by atoms with Crippen LogP contribution in [0.4, 0.5) is 0 Å². The van der Waals surface area contributed by atoms with E-state index >= 15 is 0 Å². The highest BCUT2D eigenvalue weighted by molar-refractivity contribution is 4.78. The van der Waals surface area contributed by atoms with Gasteiger partial charge in [-0.3, -0.25) is 4.90 Å². The van der Waals surface area contributed by atoms with Gasteiger partial charge in [-0.15, -0.1) is 0 Å². The summed E-state index contributed by atoms with van der Waals surface area (Å²) in [6, 6.07) is 0.689. The van der Waals surface area contributed by atoms with E-state index < -0.39 is 0 Å². The molecule has 0 radical (unpaired) electrons. The third-order valence-corrected chi connectivity index (χ3v) is 2.80. The molecule has 0 bridgehead atoms. The molecule has 104 valence electrons. The Hall–Kier alpha value is -0.200. The zero-order valence-electron chi connectivity index (χ0n) is 11.9. The summed E-state index contributed by atoms with van der Waals surface area (Å²) in [6.45, 7) is 6.09. The van der Waals surface area contributed by atoms with Crippen LogP contribution in [0.5, 0.6) is 0 Å². The number of nitrogens with one attached hydrogen (secondary N) is 1. The lowest BCUT2D eigenvalue weighted by atomic mass is 10.2. The standard InChI is InChI=1S/C12H28N2O3/c1-11(9-16-4)14(6-7-15-3)12(8-13-2)10-17-5/h11-13H,6-10H2,1-5H3. The molecule has 0 saturated heterocycles. The van der Waals surface area contributed by atoms with Gasteiger partial charge in [-0.1, -0.05) is 0 Å². The third kappa shape index (κ3) is 6.95. The van der Waals surface area contributed by atoms with Crippen LogP contribution in [0, 0.1) is 0 Å². The zero-order valence-corrected chi connectivity index (χ0v) is 11.9. The summed E-state index contributed by atoms with van der Waals surface area (Å²) < 4.78 is 15.7. The van der Waals surface area contributed by atoms with Crippen LogP contribution in [-0.4, -0.2) is 78.3 Å². The Morgan fingerprint density at radius 3 is 2.18 bits per heavy atom. The van der Waals surface area contributed by atoms with E-state index in [1.165, 1.54) is 0 Å². The Bertz CT molecular complexity index is 164. The summed E-state index contributed by atoms with van der Waals surface area (Å²) in [7, 11) is 7.15. The lowest BCUT2D eigenvalue weighted by Crippen LogP contribution is -2.51. The minimum absolute atomic E-state index is 0.338. The van der Waals surface area contributed by atoms with E-state index in [2.05, 4.69) is 17.1 Å². The predicted octanol–water partition coefficient (Wildman–Crippen LogP) is 0.204. The van der Waals surface area contributed by atoms with Gasteiger partial charge in [0.05, 0.1) is 19.8 Å². The van der Waals surface area contributed by atoms with Gasteiger partial charge in [-0.2, -0.15) is 0 Å². The molecule has 0 spiro atoms. The molecular formula is C12H28N2O3. The molecule has 0 heterocycles. The number of likely N-dealkylation sites (N-methyl/N-ethyl adjacent to an activating group) is 1. The largest absolute Gasteiger partial charge is 0.383 e. The Labute approximate surface area is 105 Å². The maximum atomic E-state index is 5.28. The van der Waals surface area contributed by atoms with E-state index in [9.17, 15) is 0 Å². The van der Waals surface area contributed by atoms with Crippen molar-refractivity contribution in [3.63, 3.8) is 0 Å². The maximum absolute atomic E-state index is 5.28. The Balaban J connectivity index is 4.45. The highest BCUT2D eigenvalue weighted by Crippen LogP contribution is 2.07. The minimum atomic E-state index is 0.338. The lowest BCUT2D eigenvalue weighted by molar-refractivity contribution is 0.0181. The van der Waals surface area contributed by atoms with Crippen LogP contribution in [0.15, 0.2) is 0 Å². The molecule has 5 heteroatoms. The van der Waals surface area contributed by atoms with Gasteiger partial charge in [0.25, 0.3) is 0 Å². The molecule has 0 aliphatic rings. The Morgan fingerprint density at radius 1 is 1.06 bits per heavy atom. The number of rotatable bonds is 11. The van der Waals surface area contributed by atoms with Crippen molar-refractivity contribution in [2.24, 2.45) is 0 Å². The number of hydrogen-bond acceptors (Lipinski definition) is 5. The second kappa shape index (κ2) is 10.9. The SMILES string of the molecule is CNCC(COC)N(CCOC)C(C)COC. The molecule has 0 aromatic rings. The van der Waals surface area contributed by atoms with Crippen LogP contribution < -0.4 is 5.32 Å². The fourth-order valence-corrected chi connectivity index (χ4v) is 2.00. The van der Waals surface area contributed by atoms with E-state index in [0.717, 1.165) is 19.7 Å². The van der Waals surface area contributed by atoms with Crippen molar-refractivity contribution in [2.75, 3.05) is 61.3 Å². The van der Waals surface area contributed by atoms with Crippen molar-refractivity contribution in [2.45, 2.75) is 19.0 Å². The molecule has 5 nitrogen and oxygen atoms in total. The zero-order chi connectivity index (χ0) is 13.1. The monoisotopic (exact) mass is 248 g/mol.